The number of nitrogens with zero attached hydrogens (tertiary/aromatic N) is 1. The Morgan fingerprint density at radius 1 is 1.40 bits per heavy atom. The third-order valence-corrected chi connectivity index (χ3v) is 4.76. The molecule has 1 aliphatic rings. The van der Waals surface area contributed by atoms with Crippen LogP contribution in [0.4, 0.5) is 5.69 Å². The van der Waals surface area contributed by atoms with Crippen LogP contribution in [0.25, 0.3) is 0 Å². The number of halogens is 1. The molecule has 0 aliphatic carbocycles. The van der Waals surface area contributed by atoms with Crippen LogP contribution in [0.2, 0.25) is 5.02 Å². The molecule has 112 valence electrons. The van der Waals surface area contributed by atoms with Crippen LogP contribution < -0.4 is 10.6 Å². The van der Waals surface area contributed by atoms with E-state index in [-0.39, 0.29) is 6.04 Å². The lowest BCUT2D eigenvalue weighted by molar-refractivity contribution is 0.529. The fourth-order valence-corrected chi connectivity index (χ4v) is 3.39. The molecule has 0 radical (unpaired) electrons. The summed E-state index contributed by atoms with van der Waals surface area (Å²) in [6.07, 6.45) is 5.78. The van der Waals surface area contributed by atoms with Gasteiger partial charge in [-0.15, -0.1) is 0 Å². The van der Waals surface area contributed by atoms with E-state index >= 15 is 0 Å². The van der Waals surface area contributed by atoms with E-state index in [0.29, 0.717) is 0 Å². The van der Waals surface area contributed by atoms with Crippen LogP contribution in [0.15, 0.2) is 18.2 Å². The quantitative estimate of drug-likeness (QED) is 0.850. The first-order valence-electron chi connectivity index (χ1n) is 7.93. The number of benzene rings is 1. The smallest absolute Gasteiger partial charge is 0.0459 e. The number of hydrogen-bond donors (Lipinski definition) is 1. The summed E-state index contributed by atoms with van der Waals surface area (Å²) in [7, 11) is 0. The van der Waals surface area contributed by atoms with Gasteiger partial charge in [-0.25, -0.2) is 0 Å². The topological polar surface area (TPSA) is 29.3 Å². The Bertz CT molecular complexity index is 433. The van der Waals surface area contributed by atoms with Gasteiger partial charge in [0.25, 0.3) is 0 Å². The van der Waals surface area contributed by atoms with E-state index < -0.39 is 0 Å². The van der Waals surface area contributed by atoms with Gasteiger partial charge < -0.3 is 10.6 Å². The van der Waals surface area contributed by atoms with Crippen LogP contribution in [0.1, 0.15) is 45.1 Å². The van der Waals surface area contributed by atoms with E-state index in [1.54, 1.807) is 0 Å². The lowest BCUT2D eigenvalue weighted by Crippen LogP contribution is -2.25. The molecule has 1 heterocycles. The van der Waals surface area contributed by atoms with Gasteiger partial charge in [-0.2, -0.15) is 0 Å². The first-order chi connectivity index (χ1) is 9.65. The minimum atomic E-state index is 0.197. The zero-order chi connectivity index (χ0) is 14.5. The Hall–Kier alpha value is -0.730. The second-order valence-corrected chi connectivity index (χ2v) is 6.41. The molecule has 0 spiro atoms. The summed E-state index contributed by atoms with van der Waals surface area (Å²) in [6, 6.07) is 6.45. The van der Waals surface area contributed by atoms with Gasteiger partial charge in [0, 0.05) is 29.8 Å². The first kappa shape index (κ1) is 15.7. The molecule has 1 aromatic rings. The van der Waals surface area contributed by atoms with E-state index in [1.807, 2.05) is 6.07 Å². The second kappa shape index (κ2) is 7.33. The average molecular weight is 295 g/mol. The van der Waals surface area contributed by atoms with Crippen LogP contribution >= 0.6 is 11.6 Å². The zero-order valence-electron chi connectivity index (χ0n) is 12.7. The van der Waals surface area contributed by atoms with E-state index in [2.05, 4.69) is 30.9 Å². The molecule has 2 unspecified atom stereocenters. The van der Waals surface area contributed by atoms with Crippen LogP contribution in [0.3, 0.4) is 0 Å². The summed E-state index contributed by atoms with van der Waals surface area (Å²) >= 11 is 6.42. The maximum atomic E-state index is 6.42. The van der Waals surface area contributed by atoms with Crippen molar-refractivity contribution in [2.45, 2.75) is 52.0 Å². The van der Waals surface area contributed by atoms with Gasteiger partial charge in [0.05, 0.1) is 0 Å². The Labute approximate surface area is 128 Å². The third-order valence-electron chi connectivity index (χ3n) is 4.41. The molecule has 2 atom stereocenters. The summed E-state index contributed by atoms with van der Waals surface area (Å²) < 4.78 is 0. The molecule has 1 fully saturated rings. The highest BCUT2D eigenvalue weighted by Crippen LogP contribution is 2.33. The van der Waals surface area contributed by atoms with Gasteiger partial charge in [-0.1, -0.05) is 37.9 Å². The van der Waals surface area contributed by atoms with E-state index in [4.69, 9.17) is 17.3 Å². The summed E-state index contributed by atoms with van der Waals surface area (Å²) in [5.74, 6) is 0.840. The van der Waals surface area contributed by atoms with Crippen molar-refractivity contribution in [3.05, 3.63) is 28.8 Å². The molecule has 2 N–H and O–H groups in total. The molecule has 1 aromatic carbocycles. The Balaban J connectivity index is 2.17. The predicted molar refractivity (Wildman–Crippen MR) is 88.7 cm³/mol. The van der Waals surface area contributed by atoms with Crippen molar-refractivity contribution in [1.29, 1.82) is 0 Å². The van der Waals surface area contributed by atoms with Gasteiger partial charge in [0.2, 0.25) is 0 Å². The molecule has 2 nitrogen and oxygen atoms in total. The standard InChI is InChI=1S/C17H27ClN2/c1-3-6-13-9-10-20(12-13)17-8-5-7-16(18)15(17)11-14(19)4-2/h5,7-8,13-14H,3-4,6,9-12,19H2,1-2H3. The van der Waals surface area contributed by atoms with Crippen LogP contribution in [-0.2, 0) is 6.42 Å². The van der Waals surface area contributed by atoms with Crippen LogP contribution in [0, 0.1) is 5.92 Å². The molecule has 20 heavy (non-hydrogen) atoms. The SMILES string of the molecule is CCCC1CCN(c2cccc(Cl)c2CC(N)CC)C1. The van der Waals surface area contributed by atoms with Gasteiger partial charge in [0.1, 0.15) is 0 Å². The Morgan fingerprint density at radius 2 is 2.20 bits per heavy atom. The monoisotopic (exact) mass is 294 g/mol. The van der Waals surface area contributed by atoms with Gasteiger partial charge in [-0.05, 0) is 49.3 Å². The van der Waals surface area contributed by atoms with Crippen LogP contribution in [-0.4, -0.2) is 19.1 Å². The van der Waals surface area contributed by atoms with Crippen LogP contribution in [0.5, 0.6) is 0 Å². The molecule has 0 amide bonds. The molecular formula is C17H27ClN2. The lowest BCUT2D eigenvalue weighted by Gasteiger charge is -2.24. The molecular weight excluding hydrogens is 268 g/mol. The highest BCUT2D eigenvalue weighted by Gasteiger charge is 2.24. The van der Waals surface area contributed by atoms with Crippen molar-refractivity contribution < 1.29 is 0 Å². The third kappa shape index (κ3) is 3.67. The Kier molecular flexibility index (Phi) is 5.74. The zero-order valence-corrected chi connectivity index (χ0v) is 13.5. The average Bonchev–Trinajstić information content (AvgIpc) is 2.89. The van der Waals surface area contributed by atoms with E-state index in [0.717, 1.165) is 30.3 Å². The van der Waals surface area contributed by atoms with Gasteiger partial charge in [-0.3, -0.25) is 0 Å². The van der Waals surface area contributed by atoms with Gasteiger partial charge in [0.15, 0.2) is 0 Å². The number of anilines is 1. The Morgan fingerprint density at radius 3 is 2.90 bits per heavy atom. The molecule has 1 saturated heterocycles. The van der Waals surface area contributed by atoms with Crippen molar-refractivity contribution in [1.82, 2.24) is 0 Å². The summed E-state index contributed by atoms with van der Waals surface area (Å²) in [4.78, 5) is 2.50. The number of nitrogens with two attached hydrogens (primary N) is 1. The minimum Gasteiger partial charge on any atom is -0.371 e. The first-order valence-corrected chi connectivity index (χ1v) is 8.31. The fraction of sp³-hybridized carbons (Fsp3) is 0.647. The van der Waals surface area contributed by atoms with Crippen molar-refractivity contribution in [2.75, 3.05) is 18.0 Å². The van der Waals surface area contributed by atoms with E-state index in [9.17, 15) is 0 Å². The summed E-state index contributed by atoms with van der Waals surface area (Å²) in [5.41, 5.74) is 8.68. The van der Waals surface area contributed by atoms with Crippen molar-refractivity contribution in [3.8, 4) is 0 Å². The highest BCUT2D eigenvalue weighted by atomic mass is 35.5. The number of rotatable bonds is 6. The molecule has 3 heteroatoms. The largest absolute Gasteiger partial charge is 0.371 e. The molecule has 0 aromatic heterocycles. The highest BCUT2D eigenvalue weighted by molar-refractivity contribution is 6.31. The molecule has 1 aliphatic heterocycles. The second-order valence-electron chi connectivity index (χ2n) is 6.00. The summed E-state index contributed by atoms with van der Waals surface area (Å²) in [6.45, 7) is 6.73. The molecule has 0 saturated carbocycles. The minimum absolute atomic E-state index is 0.197. The molecule has 0 bridgehead atoms. The normalized spacial score (nSPS) is 20.4. The van der Waals surface area contributed by atoms with Crippen molar-refractivity contribution in [3.63, 3.8) is 0 Å². The van der Waals surface area contributed by atoms with Crippen molar-refractivity contribution in [2.24, 2.45) is 11.7 Å². The summed E-state index contributed by atoms with van der Waals surface area (Å²) in [5, 5.41) is 0.866. The fourth-order valence-electron chi connectivity index (χ4n) is 3.15. The maximum absolute atomic E-state index is 6.42. The van der Waals surface area contributed by atoms with Crippen molar-refractivity contribution >= 4 is 17.3 Å². The van der Waals surface area contributed by atoms with E-state index in [1.165, 1.54) is 37.1 Å². The predicted octanol–water partition coefficient (Wildman–Crippen LogP) is 4.25. The molecule has 2 rings (SSSR count). The van der Waals surface area contributed by atoms with Gasteiger partial charge >= 0.3 is 0 Å². The number of hydrogen-bond acceptors (Lipinski definition) is 2. The lowest BCUT2D eigenvalue weighted by atomic mass is 10.0. The maximum Gasteiger partial charge on any atom is 0.0459 e.